The molecule has 1 aliphatic heterocycles. The first-order valence-electron chi connectivity index (χ1n) is 9.52. The maximum atomic E-state index is 12.9. The number of urea groups is 1. The summed E-state index contributed by atoms with van der Waals surface area (Å²) in [6.45, 7) is 1.70. The molecule has 0 bridgehead atoms. The third kappa shape index (κ3) is 3.15. The second-order valence-electron chi connectivity index (χ2n) is 7.50. The number of imidazole rings is 1. The zero-order chi connectivity index (χ0) is 19.7. The van der Waals surface area contributed by atoms with Gasteiger partial charge in [0, 0.05) is 23.8 Å². The maximum Gasteiger partial charge on any atom is 0.325 e. The van der Waals surface area contributed by atoms with Crippen molar-refractivity contribution in [3.63, 3.8) is 0 Å². The van der Waals surface area contributed by atoms with Gasteiger partial charge in [0.1, 0.15) is 12.1 Å². The lowest BCUT2D eigenvalue weighted by Crippen LogP contribution is -2.54. The summed E-state index contributed by atoms with van der Waals surface area (Å²) in [6.07, 6.45) is 8.69. The molecule has 8 nitrogen and oxygen atoms in total. The maximum absolute atomic E-state index is 12.9. The van der Waals surface area contributed by atoms with Gasteiger partial charge in [-0.1, -0.05) is 19.8 Å². The van der Waals surface area contributed by atoms with E-state index in [2.05, 4.69) is 15.6 Å². The number of rotatable bonds is 4. The SMILES string of the molecule is CC1CCCCC12NC(=O)N(CC(=O)Nc1ccc(-n3ccnc3)cc1)C2=O. The molecule has 8 heteroatoms. The Morgan fingerprint density at radius 1 is 1.29 bits per heavy atom. The van der Waals surface area contributed by atoms with Crippen molar-refractivity contribution in [2.45, 2.75) is 38.1 Å². The van der Waals surface area contributed by atoms with E-state index in [1.807, 2.05) is 29.8 Å². The van der Waals surface area contributed by atoms with Gasteiger partial charge in [-0.3, -0.25) is 14.5 Å². The molecule has 1 spiro atoms. The third-order valence-corrected chi connectivity index (χ3v) is 5.76. The summed E-state index contributed by atoms with van der Waals surface area (Å²) >= 11 is 0. The molecule has 2 heterocycles. The Morgan fingerprint density at radius 2 is 2.07 bits per heavy atom. The topological polar surface area (TPSA) is 96.3 Å². The predicted molar refractivity (Wildman–Crippen MR) is 103 cm³/mol. The Labute approximate surface area is 162 Å². The number of hydrogen-bond acceptors (Lipinski definition) is 4. The molecule has 1 aromatic carbocycles. The van der Waals surface area contributed by atoms with Crippen molar-refractivity contribution in [2.24, 2.45) is 5.92 Å². The second-order valence-corrected chi connectivity index (χ2v) is 7.50. The summed E-state index contributed by atoms with van der Waals surface area (Å²) < 4.78 is 1.85. The number of hydrogen-bond donors (Lipinski definition) is 2. The molecule has 2 fully saturated rings. The van der Waals surface area contributed by atoms with Crippen LogP contribution >= 0.6 is 0 Å². The molecule has 2 aliphatic rings. The lowest BCUT2D eigenvalue weighted by molar-refractivity contribution is -0.136. The van der Waals surface area contributed by atoms with E-state index in [0.29, 0.717) is 12.1 Å². The van der Waals surface area contributed by atoms with Crippen LogP contribution in [0.1, 0.15) is 32.6 Å². The van der Waals surface area contributed by atoms with Crippen molar-refractivity contribution in [1.82, 2.24) is 19.8 Å². The molecule has 1 aliphatic carbocycles. The lowest BCUT2D eigenvalue weighted by atomic mass is 9.73. The molecule has 4 amide bonds. The minimum atomic E-state index is -0.845. The molecule has 1 saturated carbocycles. The molecule has 4 rings (SSSR count). The highest BCUT2D eigenvalue weighted by Crippen LogP contribution is 2.38. The van der Waals surface area contributed by atoms with Gasteiger partial charge in [0.25, 0.3) is 5.91 Å². The monoisotopic (exact) mass is 381 g/mol. The van der Waals surface area contributed by atoms with Gasteiger partial charge >= 0.3 is 6.03 Å². The van der Waals surface area contributed by atoms with Gasteiger partial charge in [-0.05, 0) is 43.0 Å². The van der Waals surface area contributed by atoms with E-state index in [0.717, 1.165) is 29.8 Å². The van der Waals surface area contributed by atoms with E-state index in [-0.39, 0.29) is 18.4 Å². The van der Waals surface area contributed by atoms with Gasteiger partial charge in [0.2, 0.25) is 5.91 Å². The summed E-state index contributed by atoms with van der Waals surface area (Å²) in [5.41, 5.74) is 0.668. The van der Waals surface area contributed by atoms with Gasteiger partial charge in [-0.15, -0.1) is 0 Å². The van der Waals surface area contributed by atoms with Crippen LogP contribution in [-0.4, -0.2) is 44.4 Å². The predicted octanol–water partition coefficient (Wildman–Crippen LogP) is 2.31. The van der Waals surface area contributed by atoms with Crippen LogP contribution in [0, 0.1) is 5.92 Å². The molecular formula is C20H23N5O3. The van der Waals surface area contributed by atoms with Crippen molar-refractivity contribution >= 4 is 23.5 Å². The average Bonchev–Trinajstić information content (AvgIpc) is 3.29. The zero-order valence-corrected chi connectivity index (χ0v) is 15.7. The first-order chi connectivity index (χ1) is 13.5. The molecule has 1 saturated heterocycles. The fourth-order valence-electron chi connectivity index (χ4n) is 4.11. The highest BCUT2D eigenvalue weighted by atomic mass is 16.2. The highest BCUT2D eigenvalue weighted by Gasteiger charge is 2.55. The van der Waals surface area contributed by atoms with Crippen LogP contribution in [0.5, 0.6) is 0 Å². The fraction of sp³-hybridized carbons (Fsp3) is 0.400. The number of carbonyl (C=O) groups is 3. The summed E-state index contributed by atoms with van der Waals surface area (Å²) in [4.78, 5) is 42.8. The molecule has 1 aromatic heterocycles. The molecule has 0 radical (unpaired) electrons. The standard InChI is InChI=1S/C20H23N5O3/c1-14-4-2-3-9-20(14)18(27)25(19(28)23-20)12-17(26)22-15-5-7-16(8-6-15)24-11-10-21-13-24/h5-8,10-11,13-14H,2-4,9,12H2,1H3,(H,22,26)(H,23,28). The third-order valence-electron chi connectivity index (χ3n) is 5.76. The van der Waals surface area contributed by atoms with Crippen molar-refractivity contribution in [3.05, 3.63) is 43.0 Å². The Balaban J connectivity index is 1.41. The quantitative estimate of drug-likeness (QED) is 0.795. The van der Waals surface area contributed by atoms with Gasteiger partial charge in [0.15, 0.2) is 0 Å². The summed E-state index contributed by atoms with van der Waals surface area (Å²) in [6, 6.07) is 6.76. The lowest BCUT2D eigenvalue weighted by Gasteiger charge is -2.36. The average molecular weight is 381 g/mol. The fourth-order valence-corrected chi connectivity index (χ4v) is 4.11. The summed E-state index contributed by atoms with van der Waals surface area (Å²) in [7, 11) is 0. The van der Waals surface area contributed by atoms with Crippen molar-refractivity contribution in [1.29, 1.82) is 0 Å². The molecular weight excluding hydrogens is 358 g/mol. The first-order valence-corrected chi connectivity index (χ1v) is 9.52. The van der Waals surface area contributed by atoms with Crippen LogP contribution in [0.3, 0.4) is 0 Å². The van der Waals surface area contributed by atoms with Crippen LogP contribution in [0.2, 0.25) is 0 Å². The number of carbonyl (C=O) groups excluding carboxylic acids is 3. The van der Waals surface area contributed by atoms with Crippen LogP contribution in [-0.2, 0) is 9.59 Å². The molecule has 2 unspecified atom stereocenters. The first kappa shape index (κ1) is 18.2. The zero-order valence-electron chi connectivity index (χ0n) is 15.7. The number of anilines is 1. The van der Waals surface area contributed by atoms with E-state index in [4.69, 9.17) is 0 Å². The van der Waals surface area contributed by atoms with Gasteiger partial charge in [-0.25, -0.2) is 9.78 Å². The minimum Gasteiger partial charge on any atom is -0.325 e. The van der Waals surface area contributed by atoms with Crippen molar-refractivity contribution < 1.29 is 14.4 Å². The Kier molecular flexibility index (Phi) is 4.62. The van der Waals surface area contributed by atoms with Crippen molar-refractivity contribution in [3.8, 4) is 5.69 Å². The Morgan fingerprint density at radius 3 is 2.75 bits per heavy atom. The van der Waals surface area contributed by atoms with Crippen LogP contribution in [0.15, 0.2) is 43.0 Å². The second kappa shape index (κ2) is 7.10. The number of nitrogens with one attached hydrogen (secondary N) is 2. The van der Waals surface area contributed by atoms with Crippen molar-refractivity contribution in [2.75, 3.05) is 11.9 Å². The number of imide groups is 1. The molecule has 28 heavy (non-hydrogen) atoms. The van der Waals surface area contributed by atoms with E-state index in [1.54, 1.807) is 24.7 Å². The number of benzene rings is 1. The Bertz CT molecular complexity index is 893. The summed E-state index contributed by atoms with van der Waals surface area (Å²) in [5, 5.41) is 5.61. The smallest absolute Gasteiger partial charge is 0.325 e. The van der Waals surface area contributed by atoms with Gasteiger partial charge in [-0.2, -0.15) is 0 Å². The molecule has 2 atom stereocenters. The van der Waals surface area contributed by atoms with E-state index >= 15 is 0 Å². The number of nitrogens with zero attached hydrogens (tertiary/aromatic N) is 3. The van der Waals surface area contributed by atoms with Crippen LogP contribution < -0.4 is 10.6 Å². The molecule has 2 aromatic rings. The highest BCUT2D eigenvalue weighted by molar-refractivity contribution is 6.10. The van der Waals surface area contributed by atoms with E-state index in [1.165, 1.54) is 0 Å². The van der Waals surface area contributed by atoms with Gasteiger partial charge < -0.3 is 15.2 Å². The van der Waals surface area contributed by atoms with E-state index in [9.17, 15) is 14.4 Å². The normalized spacial score (nSPS) is 24.5. The molecule has 146 valence electrons. The number of aromatic nitrogens is 2. The van der Waals surface area contributed by atoms with Gasteiger partial charge in [0.05, 0.1) is 6.33 Å². The minimum absolute atomic E-state index is 0.0708. The molecule has 2 N–H and O–H groups in total. The Hall–Kier alpha value is -3.16. The van der Waals surface area contributed by atoms with Crippen LogP contribution in [0.4, 0.5) is 10.5 Å². The van der Waals surface area contributed by atoms with Crippen LogP contribution in [0.25, 0.3) is 5.69 Å². The number of amides is 4. The van der Waals surface area contributed by atoms with E-state index < -0.39 is 17.5 Å². The largest absolute Gasteiger partial charge is 0.325 e. The summed E-state index contributed by atoms with van der Waals surface area (Å²) in [5.74, 6) is -0.615.